The molecule has 0 heterocycles. The van der Waals surface area contributed by atoms with Crippen molar-refractivity contribution in [1.29, 1.82) is 0 Å². The largest absolute Gasteiger partial charge is 0.492 e. The minimum absolute atomic E-state index is 0.279. The molecule has 0 spiro atoms. The predicted octanol–water partition coefficient (Wildman–Crippen LogP) is 3.52. The molecule has 100 valence electrons. The SMILES string of the molecule is Cc1ccc(OCC(N)c2cccc(F)c2)cc1C. The van der Waals surface area contributed by atoms with Crippen molar-refractivity contribution >= 4 is 0 Å². The first-order valence-electron chi connectivity index (χ1n) is 6.27. The van der Waals surface area contributed by atoms with Gasteiger partial charge in [-0.1, -0.05) is 18.2 Å². The number of nitrogens with two attached hydrogens (primary N) is 1. The van der Waals surface area contributed by atoms with Crippen molar-refractivity contribution in [2.45, 2.75) is 19.9 Å². The van der Waals surface area contributed by atoms with Gasteiger partial charge in [-0.15, -0.1) is 0 Å². The summed E-state index contributed by atoms with van der Waals surface area (Å²) in [6.45, 7) is 4.41. The third-order valence-electron chi connectivity index (χ3n) is 3.18. The fourth-order valence-electron chi connectivity index (χ4n) is 1.82. The van der Waals surface area contributed by atoms with Crippen LogP contribution in [0.1, 0.15) is 22.7 Å². The molecule has 0 bridgehead atoms. The van der Waals surface area contributed by atoms with Crippen molar-refractivity contribution in [3.8, 4) is 5.75 Å². The van der Waals surface area contributed by atoms with Crippen molar-refractivity contribution in [3.63, 3.8) is 0 Å². The Hall–Kier alpha value is -1.87. The molecule has 2 N–H and O–H groups in total. The van der Waals surface area contributed by atoms with Crippen molar-refractivity contribution in [3.05, 3.63) is 65.0 Å². The Morgan fingerprint density at radius 1 is 1.11 bits per heavy atom. The van der Waals surface area contributed by atoms with Crippen LogP contribution < -0.4 is 10.5 Å². The quantitative estimate of drug-likeness (QED) is 0.911. The summed E-state index contributed by atoms with van der Waals surface area (Å²) in [6.07, 6.45) is 0. The second-order valence-electron chi connectivity index (χ2n) is 4.72. The number of ether oxygens (including phenoxy) is 1. The molecule has 1 atom stereocenters. The van der Waals surface area contributed by atoms with Gasteiger partial charge in [0.05, 0.1) is 6.04 Å². The zero-order chi connectivity index (χ0) is 13.8. The van der Waals surface area contributed by atoms with Crippen LogP contribution in [0.5, 0.6) is 5.75 Å². The van der Waals surface area contributed by atoms with Gasteiger partial charge in [-0.25, -0.2) is 4.39 Å². The van der Waals surface area contributed by atoms with Crippen molar-refractivity contribution in [1.82, 2.24) is 0 Å². The van der Waals surface area contributed by atoms with Gasteiger partial charge in [0.15, 0.2) is 0 Å². The van der Waals surface area contributed by atoms with Gasteiger partial charge in [0.1, 0.15) is 18.2 Å². The third kappa shape index (κ3) is 3.55. The zero-order valence-corrected chi connectivity index (χ0v) is 11.2. The summed E-state index contributed by atoms with van der Waals surface area (Å²) in [7, 11) is 0. The minimum atomic E-state index is -0.336. The lowest BCUT2D eigenvalue weighted by molar-refractivity contribution is 0.290. The topological polar surface area (TPSA) is 35.2 Å². The maximum atomic E-state index is 13.1. The molecule has 0 saturated heterocycles. The molecule has 1 unspecified atom stereocenters. The maximum Gasteiger partial charge on any atom is 0.123 e. The summed E-state index contributed by atoms with van der Waals surface area (Å²) in [4.78, 5) is 0. The summed E-state index contributed by atoms with van der Waals surface area (Å²) in [5.74, 6) is 0.508. The van der Waals surface area contributed by atoms with Crippen LogP contribution >= 0.6 is 0 Å². The molecule has 0 amide bonds. The van der Waals surface area contributed by atoms with Gasteiger partial charge in [-0.3, -0.25) is 0 Å². The van der Waals surface area contributed by atoms with Crippen molar-refractivity contribution in [2.24, 2.45) is 5.73 Å². The van der Waals surface area contributed by atoms with E-state index in [0.717, 1.165) is 11.3 Å². The normalized spacial score (nSPS) is 12.2. The van der Waals surface area contributed by atoms with E-state index in [2.05, 4.69) is 6.92 Å². The van der Waals surface area contributed by atoms with Gasteiger partial charge < -0.3 is 10.5 Å². The number of aryl methyl sites for hydroxylation is 2. The van der Waals surface area contributed by atoms with Crippen LogP contribution in [0.15, 0.2) is 42.5 Å². The van der Waals surface area contributed by atoms with Crippen LogP contribution in [0.3, 0.4) is 0 Å². The van der Waals surface area contributed by atoms with Crippen LogP contribution in [0.2, 0.25) is 0 Å². The Kier molecular flexibility index (Phi) is 4.17. The molecule has 0 radical (unpaired) electrons. The Balaban J connectivity index is 2.00. The van der Waals surface area contributed by atoms with Gasteiger partial charge >= 0.3 is 0 Å². The number of hydrogen-bond donors (Lipinski definition) is 1. The molecule has 3 heteroatoms. The molecule has 0 aromatic heterocycles. The molecule has 2 aromatic rings. The molecule has 2 nitrogen and oxygen atoms in total. The van der Waals surface area contributed by atoms with Gasteiger partial charge in [0.25, 0.3) is 0 Å². The van der Waals surface area contributed by atoms with Gasteiger partial charge in [0, 0.05) is 0 Å². The lowest BCUT2D eigenvalue weighted by atomic mass is 10.1. The van der Waals surface area contributed by atoms with Crippen LogP contribution in [0.25, 0.3) is 0 Å². The molecule has 2 aromatic carbocycles. The highest BCUT2D eigenvalue weighted by molar-refractivity contribution is 5.34. The van der Waals surface area contributed by atoms with E-state index in [1.54, 1.807) is 12.1 Å². The monoisotopic (exact) mass is 259 g/mol. The van der Waals surface area contributed by atoms with Gasteiger partial charge in [0.2, 0.25) is 0 Å². The Morgan fingerprint density at radius 3 is 2.58 bits per heavy atom. The van der Waals surface area contributed by atoms with Crippen molar-refractivity contribution < 1.29 is 9.13 Å². The average Bonchev–Trinajstić information content (AvgIpc) is 2.40. The first-order chi connectivity index (χ1) is 9.06. The molecular weight excluding hydrogens is 241 g/mol. The standard InChI is InChI=1S/C16H18FNO/c1-11-6-7-15(8-12(11)2)19-10-16(18)13-4-3-5-14(17)9-13/h3-9,16H,10,18H2,1-2H3. The number of rotatable bonds is 4. The number of benzene rings is 2. The van der Waals surface area contributed by atoms with E-state index in [1.807, 2.05) is 25.1 Å². The van der Waals surface area contributed by atoms with Crippen LogP contribution in [-0.2, 0) is 0 Å². The summed E-state index contributed by atoms with van der Waals surface area (Å²) in [5.41, 5.74) is 9.13. The highest BCUT2D eigenvalue weighted by atomic mass is 19.1. The molecular formula is C16H18FNO. The van der Waals surface area contributed by atoms with E-state index in [0.29, 0.717) is 6.61 Å². The fourth-order valence-corrected chi connectivity index (χ4v) is 1.82. The summed E-state index contributed by atoms with van der Waals surface area (Å²) >= 11 is 0. The van der Waals surface area contributed by atoms with Crippen LogP contribution in [0, 0.1) is 19.7 Å². The Bertz CT molecular complexity index is 568. The Morgan fingerprint density at radius 2 is 1.89 bits per heavy atom. The minimum Gasteiger partial charge on any atom is -0.492 e. The summed E-state index contributed by atoms with van der Waals surface area (Å²) in [5, 5.41) is 0. The second-order valence-corrected chi connectivity index (χ2v) is 4.72. The zero-order valence-electron chi connectivity index (χ0n) is 11.2. The first kappa shape index (κ1) is 13.6. The second kappa shape index (κ2) is 5.85. The molecule has 0 saturated carbocycles. The van der Waals surface area contributed by atoms with E-state index in [9.17, 15) is 4.39 Å². The average molecular weight is 259 g/mol. The van der Waals surface area contributed by atoms with E-state index in [-0.39, 0.29) is 11.9 Å². The summed E-state index contributed by atoms with van der Waals surface area (Å²) in [6, 6.07) is 11.9. The van der Waals surface area contributed by atoms with Crippen molar-refractivity contribution in [2.75, 3.05) is 6.61 Å². The lowest BCUT2D eigenvalue weighted by Gasteiger charge is -2.14. The maximum absolute atomic E-state index is 13.1. The van der Waals surface area contributed by atoms with E-state index < -0.39 is 0 Å². The van der Waals surface area contributed by atoms with Gasteiger partial charge in [-0.05, 0) is 54.8 Å². The first-order valence-corrected chi connectivity index (χ1v) is 6.27. The Labute approximate surface area is 113 Å². The molecule has 0 aliphatic rings. The fraction of sp³-hybridized carbons (Fsp3) is 0.250. The molecule has 19 heavy (non-hydrogen) atoms. The molecule has 0 fully saturated rings. The highest BCUT2D eigenvalue weighted by Gasteiger charge is 2.08. The smallest absolute Gasteiger partial charge is 0.123 e. The number of hydrogen-bond acceptors (Lipinski definition) is 2. The lowest BCUT2D eigenvalue weighted by Crippen LogP contribution is -2.19. The number of halogens is 1. The van der Waals surface area contributed by atoms with E-state index >= 15 is 0 Å². The van der Waals surface area contributed by atoms with E-state index in [1.165, 1.54) is 23.3 Å². The molecule has 2 rings (SSSR count). The van der Waals surface area contributed by atoms with Gasteiger partial charge in [-0.2, -0.15) is 0 Å². The van der Waals surface area contributed by atoms with Crippen LogP contribution in [0.4, 0.5) is 4.39 Å². The predicted molar refractivity (Wildman–Crippen MR) is 74.7 cm³/mol. The molecule has 0 aliphatic heterocycles. The van der Waals surface area contributed by atoms with Crippen LogP contribution in [-0.4, -0.2) is 6.61 Å². The third-order valence-corrected chi connectivity index (χ3v) is 3.18. The van der Waals surface area contributed by atoms with E-state index in [4.69, 9.17) is 10.5 Å². The highest BCUT2D eigenvalue weighted by Crippen LogP contribution is 2.18. The summed E-state index contributed by atoms with van der Waals surface area (Å²) < 4.78 is 18.7. The molecule has 0 aliphatic carbocycles.